The normalized spacial score (nSPS) is 11.0. The van der Waals surface area contributed by atoms with E-state index >= 15 is 0 Å². The Hall–Kier alpha value is -4.44. The molecule has 5 aromatic rings. The molecule has 5 rings (SSSR count). The lowest BCUT2D eigenvalue weighted by atomic mass is 10.2. The second-order valence-electron chi connectivity index (χ2n) is 7.49. The molecule has 0 aliphatic carbocycles. The summed E-state index contributed by atoms with van der Waals surface area (Å²) >= 11 is 1.24. The Balaban J connectivity index is 1.31. The van der Waals surface area contributed by atoms with Crippen LogP contribution in [0.5, 0.6) is 11.5 Å². The fourth-order valence-electron chi connectivity index (χ4n) is 3.60. The first-order chi connectivity index (χ1) is 17.1. The van der Waals surface area contributed by atoms with Gasteiger partial charge in [-0.1, -0.05) is 30.0 Å². The maximum absolute atomic E-state index is 12.9. The fourth-order valence-corrected chi connectivity index (χ4v) is 4.34. The number of ether oxygens (including phenoxy) is 1. The molecular formula is C25H20N6O3S. The summed E-state index contributed by atoms with van der Waals surface area (Å²) in [4.78, 5) is 29.5. The number of nitrogens with one attached hydrogen (secondary N) is 1. The first-order valence-electron chi connectivity index (χ1n) is 10.7. The van der Waals surface area contributed by atoms with E-state index in [1.807, 2.05) is 18.2 Å². The summed E-state index contributed by atoms with van der Waals surface area (Å²) in [6.45, 7) is 4.03. The number of carbonyl (C=O) groups excluding carboxylic acids is 1. The van der Waals surface area contributed by atoms with Crippen LogP contribution in [0.25, 0.3) is 16.7 Å². The molecule has 0 fully saturated rings. The van der Waals surface area contributed by atoms with Crippen LogP contribution in [0.1, 0.15) is 0 Å². The van der Waals surface area contributed by atoms with Crippen LogP contribution >= 0.6 is 11.8 Å². The van der Waals surface area contributed by atoms with E-state index < -0.39 is 0 Å². The van der Waals surface area contributed by atoms with Crippen molar-refractivity contribution in [2.24, 2.45) is 0 Å². The van der Waals surface area contributed by atoms with Crippen molar-refractivity contribution in [3.05, 3.63) is 96.1 Å². The van der Waals surface area contributed by atoms with Gasteiger partial charge in [0.2, 0.25) is 11.7 Å². The van der Waals surface area contributed by atoms with E-state index in [4.69, 9.17) is 4.74 Å². The Morgan fingerprint density at radius 1 is 1.03 bits per heavy atom. The van der Waals surface area contributed by atoms with Gasteiger partial charge >= 0.3 is 0 Å². The van der Waals surface area contributed by atoms with Crippen LogP contribution in [0.2, 0.25) is 0 Å². The van der Waals surface area contributed by atoms with Gasteiger partial charge in [-0.3, -0.25) is 23.5 Å². The van der Waals surface area contributed by atoms with E-state index in [9.17, 15) is 9.59 Å². The van der Waals surface area contributed by atoms with Gasteiger partial charge in [-0.15, -0.1) is 16.8 Å². The van der Waals surface area contributed by atoms with Crippen LogP contribution in [-0.4, -0.2) is 35.8 Å². The number of pyridine rings is 1. The molecule has 0 atom stereocenters. The van der Waals surface area contributed by atoms with Crippen LogP contribution in [0, 0.1) is 0 Å². The number of nitrogens with zero attached hydrogens (tertiary/aromatic N) is 5. The van der Waals surface area contributed by atoms with Crippen molar-refractivity contribution < 1.29 is 9.53 Å². The van der Waals surface area contributed by atoms with E-state index in [1.54, 1.807) is 65.3 Å². The molecule has 0 saturated carbocycles. The van der Waals surface area contributed by atoms with Gasteiger partial charge in [0.1, 0.15) is 11.5 Å². The van der Waals surface area contributed by atoms with Crippen molar-refractivity contribution in [3.63, 3.8) is 0 Å². The Bertz CT molecular complexity index is 1580. The van der Waals surface area contributed by atoms with Crippen LogP contribution in [0.4, 0.5) is 5.69 Å². The number of para-hydroxylation sites is 1. The fraction of sp³-hybridized carbons (Fsp3) is 0.0800. The SMILES string of the molecule is C=CCn1c(=O)c2ccccc2n2c(SCC(=O)Nc3ccc(Oc4ccncc4)cc3)nnc12. The molecule has 0 aliphatic heterocycles. The zero-order chi connectivity index (χ0) is 24.2. The Morgan fingerprint density at radius 3 is 2.54 bits per heavy atom. The highest BCUT2D eigenvalue weighted by molar-refractivity contribution is 7.99. The lowest BCUT2D eigenvalue weighted by molar-refractivity contribution is -0.113. The number of benzene rings is 2. The molecule has 1 amide bonds. The molecular weight excluding hydrogens is 464 g/mol. The molecule has 174 valence electrons. The summed E-state index contributed by atoms with van der Waals surface area (Å²) in [5.41, 5.74) is 1.17. The molecule has 10 heteroatoms. The number of anilines is 1. The van der Waals surface area contributed by atoms with Crippen molar-refractivity contribution in [2.75, 3.05) is 11.1 Å². The quantitative estimate of drug-likeness (QED) is 0.261. The number of hydrogen-bond donors (Lipinski definition) is 1. The summed E-state index contributed by atoms with van der Waals surface area (Å²) in [5.74, 6) is 1.65. The van der Waals surface area contributed by atoms with E-state index in [1.165, 1.54) is 16.3 Å². The van der Waals surface area contributed by atoms with Gasteiger partial charge in [0, 0.05) is 24.6 Å². The third kappa shape index (κ3) is 4.64. The predicted octanol–water partition coefficient (Wildman–Crippen LogP) is 4.15. The Morgan fingerprint density at radius 2 is 1.77 bits per heavy atom. The first kappa shape index (κ1) is 22.4. The average molecular weight is 485 g/mol. The molecule has 3 aromatic heterocycles. The summed E-state index contributed by atoms with van der Waals surface area (Å²) in [6.07, 6.45) is 4.95. The molecule has 0 radical (unpaired) electrons. The highest BCUT2D eigenvalue weighted by Gasteiger charge is 2.17. The lowest BCUT2D eigenvalue weighted by Crippen LogP contribution is -2.22. The van der Waals surface area contributed by atoms with Crippen LogP contribution in [-0.2, 0) is 11.3 Å². The first-order valence-corrected chi connectivity index (χ1v) is 11.7. The van der Waals surface area contributed by atoms with E-state index in [0.717, 1.165) is 0 Å². The van der Waals surface area contributed by atoms with E-state index in [0.29, 0.717) is 45.6 Å². The topological polar surface area (TPSA) is 103 Å². The minimum absolute atomic E-state index is 0.116. The Kier molecular flexibility index (Phi) is 6.27. The van der Waals surface area contributed by atoms with Crippen molar-refractivity contribution in [2.45, 2.75) is 11.7 Å². The number of carbonyl (C=O) groups is 1. The van der Waals surface area contributed by atoms with Gasteiger partial charge in [0.05, 0.1) is 16.7 Å². The van der Waals surface area contributed by atoms with Crippen molar-refractivity contribution in [3.8, 4) is 11.5 Å². The van der Waals surface area contributed by atoms with Gasteiger partial charge in [0.15, 0.2) is 5.16 Å². The molecule has 0 spiro atoms. The second-order valence-corrected chi connectivity index (χ2v) is 8.43. The van der Waals surface area contributed by atoms with Crippen molar-refractivity contribution in [1.29, 1.82) is 0 Å². The molecule has 0 aliphatic rings. The van der Waals surface area contributed by atoms with Crippen molar-refractivity contribution >= 4 is 40.0 Å². The molecule has 0 saturated heterocycles. The van der Waals surface area contributed by atoms with Gasteiger partial charge < -0.3 is 10.1 Å². The number of fused-ring (bicyclic) bond motifs is 3. The monoisotopic (exact) mass is 484 g/mol. The third-order valence-electron chi connectivity index (χ3n) is 5.15. The maximum atomic E-state index is 12.9. The highest BCUT2D eigenvalue weighted by atomic mass is 32.2. The van der Waals surface area contributed by atoms with E-state index in [2.05, 4.69) is 27.1 Å². The van der Waals surface area contributed by atoms with Gasteiger partial charge in [0.25, 0.3) is 5.56 Å². The number of amides is 1. The van der Waals surface area contributed by atoms with Crippen LogP contribution in [0.3, 0.4) is 0 Å². The number of thioether (sulfide) groups is 1. The lowest BCUT2D eigenvalue weighted by Gasteiger charge is -2.10. The third-order valence-corrected chi connectivity index (χ3v) is 6.07. The number of aromatic nitrogens is 5. The zero-order valence-corrected chi connectivity index (χ0v) is 19.3. The second kappa shape index (κ2) is 9.82. The number of hydrogen-bond acceptors (Lipinski definition) is 7. The predicted molar refractivity (Wildman–Crippen MR) is 135 cm³/mol. The van der Waals surface area contributed by atoms with Gasteiger partial charge in [-0.25, -0.2) is 0 Å². The maximum Gasteiger partial charge on any atom is 0.263 e. The summed E-state index contributed by atoms with van der Waals surface area (Å²) < 4.78 is 9.05. The Labute approximate surface area is 204 Å². The minimum Gasteiger partial charge on any atom is -0.457 e. The molecule has 0 bridgehead atoms. The molecule has 0 unspecified atom stereocenters. The highest BCUT2D eigenvalue weighted by Crippen LogP contribution is 2.24. The summed E-state index contributed by atoms with van der Waals surface area (Å²) in [7, 11) is 0. The van der Waals surface area contributed by atoms with E-state index in [-0.39, 0.29) is 17.2 Å². The molecule has 9 nitrogen and oxygen atoms in total. The molecule has 3 heterocycles. The molecule has 35 heavy (non-hydrogen) atoms. The largest absolute Gasteiger partial charge is 0.457 e. The smallest absolute Gasteiger partial charge is 0.263 e. The van der Waals surface area contributed by atoms with Crippen LogP contribution < -0.4 is 15.6 Å². The number of allylic oxidation sites excluding steroid dienone is 1. The van der Waals surface area contributed by atoms with Crippen LogP contribution in [0.15, 0.2) is 95.7 Å². The summed E-state index contributed by atoms with van der Waals surface area (Å²) in [5, 5.41) is 12.4. The molecule has 2 aromatic carbocycles. The zero-order valence-electron chi connectivity index (χ0n) is 18.5. The van der Waals surface area contributed by atoms with Gasteiger partial charge in [-0.2, -0.15) is 0 Å². The van der Waals surface area contributed by atoms with Crippen molar-refractivity contribution in [1.82, 2.24) is 24.1 Å². The molecule has 1 N–H and O–H groups in total. The summed E-state index contributed by atoms with van der Waals surface area (Å²) in [6, 6.07) is 17.9. The minimum atomic E-state index is -0.196. The van der Waals surface area contributed by atoms with Gasteiger partial charge in [-0.05, 0) is 48.5 Å². The average Bonchev–Trinajstić information content (AvgIpc) is 3.31. The number of rotatable bonds is 8. The standard InChI is InChI=1S/C25H20N6O3S/c1-2-15-30-23(33)20-5-3-4-6-21(20)31-24(30)28-29-25(31)35-16-22(32)27-17-7-9-18(10-8-17)34-19-11-13-26-14-12-19/h2-14H,1,15-16H2,(H,27,32).